The average Bonchev–Trinajstić information content (AvgIpc) is 1.51. The molecule has 1 fully saturated rings. The third-order valence-corrected chi connectivity index (χ3v) is 2.97. The summed E-state index contributed by atoms with van der Waals surface area (Å²) in [4.78, 5) is 10.3. The van der Waals surface area contributed by atoms with E-state index >= 15 is 0 Å². The summed E-state index contributed by atoms with van der Waals surface area (Å²) in [6, 6.07) is -0.829. The molecule has 1 atom stereocenters. The first-order valence-electron chi connectivity index (χ1n) is 3.12. The van der Waals surface area contributed by atoms with Gasteiger partial charge in [0.2, 0.25) is 10.0 Å². The Morgan fingerprint density at radius 1 is 1.64 bits per heavy atom. The maximum Gasteiger partial charge on any atom is 0.322 e. The molecule has 11 heavy (non-hydrogen) atoms. The van der Waals surface area contributed by atoms with Crippen LogP contribution in [0.3, 0.4) is 0 Å². The molecule has 0 spiro atoms. The fraction of sp³-hybridized carbons (Fsp3) is 0.800. The van der Waals surface area contributed by atoms with E-state index in [-0.39, 0.29) is 0 Å². The number of rotatable bonds is 2. The van der Waals surface area contributed by atoms with Crippen molar-refractivity contribution >= 4 is 16.0 Å². The molecule has 1 saturated heterocycles. The van der Waals surface area contributed by atoms with Crippen LogP contribution in [0, 0.1) is 0 Å². The molecule has 0 radical (unpaired) electrons. The van der Waals surface area contributed by atoms with Crippen molar-refractivity contribution in [3.63, 3.8) is 0 Å². The van der Waals surface area contributed by atoms with E-state index < -0.39 is 22.0 Å². The largest absolute Gasteiger partial charge is 0.480 e. The van der Waals surface area contributed by atoms with Crippen LogP contribution in [0.15, 0.2) is 0 Å². The van der Waals surface area contributed by atoms with Crippen molar-refractivity contribution in [2.45, 2.75) is 12.5 Å². The normalized spacial score (nSPS) is 26.1. The van der Waals surface area contributed by atoms with Crippen LogP contribution in [0.25, 0.3) is 0 Å². The van der Waals surface area contributed by atoms with Gasteiger partial charge in [-0.3, -0.25) is 4.79 Å². The van der Waals surface area contributed by atoms with Crippen molar-refractivity contribution in [3.8, 4) is 0 Å². The summed E-state index contributed by atoms with van der Waals surface area (Å²) in [7, 11) is -3.31. The van der Waals surface area contributed by atoms with Crippen LogP contribution in [-0.4, -0.2) is 42.6 Å². The van der Waals surface area contributed by atoms with E-state index in [4.69, 9.17) is 5.11 Å². The molecule has 1 N–H and O–H groups in total. The lowest BCUT2D eigenvalue weighted by Gasteiger charge is -2.35. The highest BCUT2D eigenvalue weighted by Crippen LogP contribution is 2.20. The summed E-state index contributed by atoms with van der Waals surface area (Å²) in [5.74, 6) is -1.07. The Balaban J connectivity index is 2.72. The van der Waals surface area contributed by atoms with Gasteiger partial charge >= 0.3 is 5.97 Å². The maximum absolute atomic E-state index is 10.8. The Morgan fingerprint density at radius 2 is 2.18 bits per heavy atom. The van der Waals surface area contributed by atoms with Gasteiger partial charge in [-0.1, -0.05) is 0 Å². The SMILES string of the molecule is CS(=O)(=O)N1CC[C@@H]1C(=O)O. The van der Waals surface area contributed by atoms with Gasteiger partial charge in [-0.2, -0.15) is 4.31 Å². The lowest BCUT2D eigenvalue weighted by molar-refractivity contribution is -0.144. The standard InChI is InChI=1S/C5H9NO4S/c1-11(9,10)6-3-2-4(6)5(7)8/h4H,2-3H2,1H3,(H,7,8)/t4-/m1/s1. The fourth-order valence-electron chi connectivity index (χ4n) is 1.01. The molecule has 0 aliphatic carbocycles. The highest BCUT2D eigenvalue weighted by Gasteiger charge is 2.39. The van der Waals surface area contributed by atoms with Crippen molar-refractivity contribution in [1.29, 1.82) is 0 Å². The van der Waals surface area contributed by atoms with Crippen LogP contribution in [-0.2, 0) is 14.8 Å². The Labute approximate surface area is 64.7 Å². The average molecular weight is 179 g/mol. The molecule has 64 valence electrons. The molecule has 1 heterocycles. The highest BCUT2D eigenvalue weighted by molar-refractivity contribution is 7.88. The predicted octanol–water partition coefficient (Wildman–Crippen LogP) is -0.895. The van der Waals surface area contributed by atoms with E-state index in [2.05, 4.69) is 0 Å². The molecular formula is C5H9NO4S. The molecule has 0 aromatic rings. The summed E-state index contributed by atoms with van der Waals surface area (Å²) in [6.45, 7) is 0.329. The fourth-order valence-corrected chi connectivity index (χ4v) is 2.10. The number of carboxylic acids is 1. The third-order valence-electron chi connectivity index (χ3n) is 1.68. The van der Waals surface area contributed by atoms with Crippen molar-refractivity contribution in [1.82, 2.24) is 4.31 Å². The van der Waals surface area contributed by atoms with E-state index in [1.54, 1.807) is 0 Å². The van der Waals surface area contributed by atoms with Crippen molar-refractivity contribution in [2.24, 2.45) is 0 Å². The maximum atomic E-state index is 10.8. The minimum Gasteiger partial charge on any atom is -0.480 e. The third kappa shape index (κ3) is 1.51. The Bertz CT molecular complexity index is 270. The zero-order chi connectivity index (χ0) is 8.65. The molecule has 6 heteroatoms. The zero-order valence-electron chi connectivity index (χ0n) is 6.02. The smallest absolute Gasteiger partial charge is 0.322 e. The lowest BCUT2D eigenvalue weighted by Crippen LogP contribution is -2.54. The first kappa shape index (κ1) is 8.48. The second-order valence-corrected chi connectivity index (χ2v) is 4.45. The Kier molecular flexibility index (Phi) is 1.89. The number of carbonyl (C=O) groups is 1. The van der Waals surface area contributed by atoms with E-state index in [1.165, 1.54) is 0 Å². The van der Waals surface area contributed by atoms with E-state index in [9.17, 15) is 13.2 Å². The number of aliphatic carboxylic acids is 1. The topological polar surface area (TPSA) is 74.7 Å². The first-order chi connectivity index (χ1) is 4.93. The van der Waals surface area contributed by atoms with Gasteiger partial charge in [-0.05, 0) is 6.42 Å². The molecule has 0 saturated carbocycles. The molecule has 0 aromatic heterocycles. The zero-order valence-corrected chi connectivity index (χ0v) is 6.84. The van der Waals surface area contributed by atoms with E-state index in [0.29, 0.717) is 13.0 Å². The van der Waals surface area contributed by atoms with Crippen LogP contribution in [0.1, 0.15) is 6.42 Å². The highest BCUT2D eigenvalue weighted by atomic mass is 32.2. The van der Waals surface area contributed by atoms with E-state index in [1.807, 2.05) is 0 Å². The lowest BCUT2D eigenvalue weighted by atomic mass is 10.1. The van der Waals surface area contributed by atoms with Gasteiger partial charge in [0.15, 0.2) is 0 Å². The van der Waals surface area contributed by atoms with E-state index in [0.717, 1.165) is 10.6 Å². The summed E-state index contributed by atoms with van der Waals surface area (Å²) >= 11 is 0. The summed E-state index contributed by atoms with van der Waals surface area (Å²) < 4.78 is 22.6. The van der Waals surface area contributed by atoms with Crippen molar-refractivity contribution in [2.75, 3.05) is 12.8 Å². The van der Waals surface area contributed by atoms with Gasteiger partial charge in [0.25, 0.3) is 0 Å². The first-order valence-corrected chi connectivity index (χ1v) is 4.97. The Hall–Kier alpha value is -0.620. The number of hydrogen-bond acceptors (Lipinski definition) is 3. The van der Waals surface area contributed by atoms with Gasteiger partial charge in [0.05, 0.1) is 6.26 Å². The summed E-state index contributed by atoms with van der Waals surface area (Å²) in [5, 5.41) is 8.46. The van der Waals surface area contributed by atoms with Gasteiger partial charge in [0, 0.05) is 6.54 Å². The van der Waals surface area contributed by atoms with Crippen molar-refractivity contribution in [3.05, 3.63) is 0 Å². The van der Waals surface area contributed by atoms with Crippen molar-refractivity contribution < 1.29 is 18.3 Å². The monoisotopic (exact) mass is 179 g/mol. The van der Waals surface area contributed by atoms with Crippen LogP contribution in [0.4, 0.5) is 0 Å². The minimum absolute atomic E-state index is 0.329. The van der Waals surface area contributed by atoms with Gasteiger partial charge < -0.3 is 5.11 Å². The second kappa shape index (κ2) is 2.46. The summed E-state index contributed by atoms with van der Waals surface area (Å²) in [5.41, 5.74) is 0. The van der Waals surface area contributed by atoms with Gasteiger partial charge in [0.1, 0.15) is 6.04 Å². The molecular weight excluding hydrogens is 170 g/mol. The van der Waals surface area contributed by atoms with Crippen LogP contribution < -0.4 is 0 Å². The number of carboxylic acid groups (broad SMARTS) is 1. The number of hydrogen-bond donors (Lipinski definition) is 1. The minimum atomic E-state index is -3.31. The molecule has 1 aliphatic rings. The molecule has 0 amide bonds. The van der Waals surface area contributed by atoms with Gasteiger partial charge in [-0.15, -0.1) is 0 Å². The Morgan fingerprint density at radius 3 is 2.27 bits per heavy atom. The molecule has 0 bridgehead atoms. The molecule has 1 rings (SSSR count). The van der Waals surface area contributed by atoms with Crippen LogP contribution in [0.5, 0.6) is 0 Å². The number of nitrogens with zero attached hydrogens (tertiary/aromatic N) is 1. The molecule has 0 aromatic carbocycles. The van der Waals surface area contributed by atoms with Crippen LogP contribution >= 0.6 is 0 Å². The second-order valence-electron chi connectivity index (χ2n) is 2.52. The predicted molar refractivity (Wildman–Crippen MR) is 37.6 cm³/mol. The quantitative estimate of drug-likeness (QED) is 0.596. The van der Waals surface area contributed by atoms with Crippen LogP contribution in [0.2, 0.25) is 0 Å². The molecule has 0 unspecified atom stereocenters. The molecule has 1 aliphatic heterocycles. The molecule has 5 nitrogen and oxygen atoms in total. The van der Waals surface area contributed by atoms with Gasteiger partial charge in [-0.25, -0.2) is 8.42 Å². The summed E-state index contributed by atoms with van der Waals surface area (Å²) in [6.07, 6.45) is 1.44. The number of sulfonamides is 1.